The van der Waals surface area contributed by atoms with Crippen LogP contribution in [0.5, 0.6) is 0 Å². The fraction of sp³-hybridized carbons (Fsp3) is 0.0820. The number of nitrogens with zero attached hydrogens (tertiary/aromatic N) is 4. The van der Waals surface area contributed by atoms with Gasteiger partial charge in [-0.05, 0) is 110 Å². The summed E-state index contributed by atoms with van der Waals surface area (Å²) >= 11 is 0. The Morgan fingerprint density at radius 1 is 0.477 bits per heavy atom. The quantitative estimate of drug-likeness (QED) is 0.177. The SMILES string of the molecule is CC1(C)C2=C(C=CC(c3nc(-n4c5cc(-c6ccc7c(c6)c6ccccc6n7-c6ccc7ccccc7c6)ccc5c5cc6ccccc6cc54)nc4ccccc34)C2)c2ccccc21. The summed E-state index contributed by atoms with van der Waals surface area (Å²) in [7, 11) is 0. The van der Waals surface area contributed by atoms with Gasteiger partial charge in [-0.15, -0.1) is 0 Å². The standard InChI is InChI=1S/C61H42N4/c1-61(2)52-20-10-7-17-45(52)46-28-25-43(34-53(46)61)59-49-19-8-11-21-54(49)62-60(63-59)65-57-36-42(24-29-48(57)51-32-39-15-5-6-16-40(39)35-58(51)65)41-26-30-56-50(33-41)47-18-9-12-22-55(47)64(56)44-27-23-37-13-3-4-14-38(37)31-44/h3-33,35-36,43H,34H2,1-2H3. The molecule has 2 aliphatic carbocycles. The molecule has 0 fully saturated rings. The minimum atomic E-state index is -0.0563. The van der Waals surface area contributed by atoms with E-state index in [2.05, 4.69) is 223 Å². The highest BCUT2D eigenvalue weighted by atomic mass is 15.2. The van der Waals surface area contributed by atoms with Crippen molar-refractivity contribution in [2.45, 2.75) is 31.6 Å². The van der Waals surface area contributed by atoms with Gasteiger partial charge in [0.15, 0.2) is 0 Å². The lowest BCUT2D eigenvalue weighted by molar-refractivity contribution is 0.588. The molecule has 0 saturated carbocycles. The molecule has 65 heavy (non-hydrogen) atoms. The molecule has 0 aliphatic heterocycles. The van der Waals surface area contributed by atoms with Crippen LogP contribution in [-0.4, -0.2) is 19.1 Å². The number of rotatable bonds is 4. The average Bonchev–Trinajstić information content (AvgIpc) is 3.94. The van der Waals surface area contributed by atoms with E-state index in [4.69, 9.17) is 9.97 Å². The fourth-order valence-corrected chi connectivity index (χ4v) is 11.5. The second-order valence-electron chi connectivity index (χ2n) is 18.6. The molecule has 0 bridgehead atoms. The Bertz CT molecular complexity index is 4080. The molecule has 4 nitrogen and oxygen atoms in total. The van der Waals surface area contributed by atoms with Crippen LogP contribution in [0.1, 0.15) is 43.0 Å². The van der Waals surface area contributed by atoms with Crippen LogP contribution in [0, 0.1) is 0 Å². The summed E-state index contributed by atoms with van der Waals surface area (Å²) in [5.74, 6) is 0.795. The Hall–Kier alpha value is -8.08. The van der Waals surface area contributed by atoms with Crippen molar-refractivity contribution in [2.75, 3.05) is 0 Å². The van der Waals surface area contributed by atoms with Gasteiger partial charge in [0.1, 0.15) is 0 Å². The van der Waals surface area contributed by atoms with Crippen LogP contribution in [0.25, 0.3) is 104 Å². The van der Waals surface area contributed by atoms with Gasteiger partial charge < -0.3 is 4.57 Å². The van der Waals surface area contributed by atoms with E-state index in [0.717, 1.165) is 45.3 Å². The van der Waals surface area contributed by atoms with Crippen LogP contribution in [0.2, 0.25) is 0 Å². The zero-order valence-corrected chi connectivity index (χ0v) is 36.1. The average molecular weight is 831 g/mol. The van der Waals surface area contributed by atoms with E-state index in [-0.39, 0.29) is 11.3 Å². The van der Waals surface area contributed by atoms with E-state index >= 15 is 0 Å². The summed E-state index contributed by atoms with van der Waals surface area (Å²) in [6.45, 7) is 4.77. The summed E-state index contributed by atoms with van der Waals surface area (Å²) in [4.78, 5) is 11.1. The number of aromatic nitrogens is 4. The number of hydrogen-bond donors (Lipinski definition) is 0. The van der Waals surface area contributed by atoms with Crippen molar-refractivity contribution in [3.05, 3.63) is 223 Å². The van der Waals surface area contributed by atoms with E-state index in [9.17, 15) is 0 Å². The van der Waals surface area contributed by atoms with Crippen LogP contribution in [0.3, 0.4) is 0 Å². The van der Waals surface area contributed by atoms with Crippen molar-refractivity contribution in [3.8, 4) is 22.8 Å². The minimum Gasteiger partial charge on any atom is -0.309 e. The molecule has 4 heteroatoms. The van der Waals surface area contributed by atoms with Gasteiger partial charge in [0.05, 0.1) is 33.3 Å². The summed E-state index contributed by atoms with van der Waals surface area (Å²) in [6, 6.07) is 68.9. The molecule has 0 N–H and O–H groups in total. The Balaban J connectivity index is 0.963. The molecule has 9 aromatic carbocycles. The number of fused-ring (bicyclic) bond motifs is 11. The first-order valence-electron chi connectivity index (χ1n) is 22.7. The van der Waals surface area contributed by atoms with Crippen molar-refractivity contribution in [3.63, 3.8) is 0 Å². The molecule has 3 heterocycles. The van der Waals surface area contributed by atoms with Crippen molar-refractivity contribution >= 4 is 81.6 Å². The number of para-hydroxylation sites is 2. The van der Waals surface area contributed by atoms with E-state index in [0.29, 0.717) is 5.95 Å². The highest BCUT2D eigenvalue weighted by molar-refractivity contribution is 6.15. The first-order valence-corrected chi connectivity index (χ1v) is 22.7. The molecule has 0 amide bonds. The molecule has 3 aromatic heterocycles. The molecular formula is C61H42N4. The Labute approximate surface area is 376 Å². The number of benzene rings is 9. The number of hydrogen-bond acceptors (Lipinski definition) is 2. The number of allylic oxidation sites excluding steroid dienone is 4. The van der Waals surface area contributed by atoms with Crippen molar-refractivity contribution < 1.29 is 0 Å². The molecule has 1 atom stereocenters. The highest BCUT2D eigenvalue weighted by Gasteiger charge is 2.39. The molecule has 14 rings (SSSR count). The van der Waals surface area contributed by atoms with Crippen LogP contribution in [0.4, 0.5) is 0 Å². The van der Waals surface area contributed by atoms with E-state index in [1.54, 1.807) is 0 Å². The molecule has 0 radical (unpaired) electrons. The topological polar surface area (TPSA) is 35.6 Å². The molecule has 0 spiro atoms. The largest absolute Gasteiger partial charge is 0.309 e. The zero-order valence-electron chi connectivity index (χ0n) is 36.1. The lowest BCUT2D eigenvalue weighted by Gasteiger charge is -2.29. The predicted octanol–water partition coefficient (Wildman–Crippen LogP) is 15.6. The summed E-state index contributed by atoms with van der Waals surface area (Å²) < 4.78 is 4.74. The molecule has 0 saturated heterocycles. The van der Waals surface area contributed by atoms with Gasteiger partial charge in [-0.25, -0.2) is 9.97 Å². The van der Waals surface area contributed by atoms with Gasteiger partial charge in [0.2, 0.25) is 5.95 Å². The zero-order chi connectivity index (χ0) is 43.0. The lowest BCUT2D eigenvalue weighted by Crippen LogP contribution is -2.20. The maximum absolute atomic E-state index is 5.66. The van der Waals surface area contributed by atoms with Crippen LogP contribution in [0.15, 0.2) is 206 Å². The maximum Gasteiger partial charge on any atom is 0.235 e. The van der Waals surface area contributed by atoms with Crippen LogP contribution >= 0.6 is 0 Å². The van der Waals surface area contributed by atoms with Gasteiger partial charge >= 0.3 is 0 Å². The minimum absolute atomic E-state index is 0.0563. The third kappa shape index (κ3) is 5.31. The van der Waals surface area contributed by atoms with Crippen molar-refractivity contribution in [1.82, 2.24) is 19.1 Å². The smallest absolute Gasteiger partial charge is 0.235 e. The second-order valence-corrected chi connectivity index (χ2v) is 18.6. The molecule has 306 valence electrons. The molecule has 1 unspecified atom stereocenters. The van der Waals surface area contributed by atoms with Crippen LogP contribution < -0.4 is 0 Å². The molecule has 2 aliphatic rings. The molecule has 12 aromatic rings. The van der Waals surface area contributed by atoms with Crippen LogP contribution in [-0.2, 0) is 5.41 Å². The van der Waals surface area contributed by atoms with Crippen molar-refractivity contribution in [1.29, 1.82) is 0 Å². The lowest BCUT2D eigenvalue weighted by atomic mass is 9.75. The first-order chi connectivity index (χ1) is 32.0. The Morgan fingerprint density at radius 2 is 1.12 bits per heavy atom. The fourth-order valence-electron chi connectivity index (χ4n) is 11.5. The predicted molar refractivity (Wildman–Crippen MR) is 272 cm³/mol. The van der Waals surface area contributed by atoms with E-state index in [1.165, 1.54) is 82.0 Å². The first kappa shape index (κ1) is 36.4. The maximum atomic E-state index is 5.66. The normalized spacial score (nSPS) is 15.6. The van der Waals surface area contributed by atoms with Gasteiger partial charge in [0.25, 0.3) is 0 Å². The van der Waals surface area contributed by atoms with E-state index in [1.807, 2.05) is 0 Å². The third-order valence-corrected chi connectivity index (χ3v) is 14.7. The van der Waals surface area contributed by atoms with Crippen molar-refractivity contribution in [2.24, 2.45) is 0 Å². The van der Waals surface area contributed by atoms with Gasteiger partial charge in [-0.1, -0.05) is 165 Å². The van der Waals surface area contributed by atoms with Gasteiger partial charge in [0, 0.05) is 44.0 Å². The Morgan fingerprint density at radius 3 is 2.00 bits per heavy atom. The highest BCUT2D eigenvalue weighted by Crippen LogP contribution is 2.52. The molecular weight excluding hydrogens is 789 g/mol. The second kappa shape index (κ2) is 13.5. The third-order valence-electron chi connectivity index (χ3n) is 14.7. The summed E-state index contributed by atoms with van der Waals surface area (Å²) in [5, 5.41) is 10.8. The van der Waals surface area contributed by atoms with Gasteiger partial charge in [-0.2, -0.15) is 0 Å². The summed E-state index contributed by atoms with van der Waals surface area (Å²) in [6.07, 6.45) is 5.67. The van der Waals surface area contributed by atoms with Gasteiger partial charge in [-0.3, -0.25) is 4.57 Å². The monoisotopic (exact) mass is 830 g/mol. The van der Waals surface area contributed by atoms with E-state index < -0.39 is 0 Å². The Kier molecular flexibility index (Phi) is 7.54. The summed E-state index contributed by atoms with van der Waals surface area (Å²) in [5.41, 5.74) is 15.6.